The maximum absolute atomic E-state index is 12.6. The molecule has 2 N–H and O–H groups in total. The quantitative estimate of drug-likeness (QED) is 0.503. The third-order valence-electron chi connectivity index (χ3n) is 4.63. The summed E-state index contributed by atoms with van der Waals surface area (Å²) in [5.74, 6) is 0.132. The van der Waals surface area contributed by atoms with Crippen molar-refractivity contribution in [3.05, 3.63) is 96.1 Å². The second-order valence-corrected chi connectivity index (χ2v) is 8.01. The molecule has 6 heteroatoms. The Labute approximate surface area is 186 Å². The molecule has 0 radical (unpaired) electrons. The Bertz CT molecular complexity index is 1030. The molecular weight excluding hydrogens is 406 g/mol. The summed E-state index contributed by atoms with van der Waals surface area (Å²) in [6, 6.07) is 29.0. The fourth-order valence-corrected chi connectivity index (χ4v) is 3.99. The first-order chi connectivity index (χ1) is 15.2. The third kappa shape index (κ3) is 6.73. The monoisotopic (exact) mass is 429 g/mol. The second kappa shape index (κ2) is 11.6. The number of rotatable bonds is 9. The van der Waals surface area contributed by atoms with Crippen molar-refractivity contribution >= 4 is 23.6 Å². The summed E-state index contributed by atoms with van der Waals surface area (Å²) < 4.78 is 0. The van der Waals surface area contributed by atoms with E-state index in [-0.39, 0.29) is 24.9 Å². The molecule has 31 heavy (non-hydrogen) atoms. The molecule has 2 amide bonds. The largest absolute Gasteiger partial charge is 0.350 e. The van der Waals surface area contributed by atoms with Gasteiger partial charge in [-0.15, -0.1) is 11.8 Å². The maximum atomic E-state index is 12.6. The van der Waals surface area contributed by atoms with E-state index in [0.29, 0.717) is 11.3 Å². The predicted octanol–water partition coefficient (Wildman–Crippen LogP) is 4.03. The standard InChI is InChI=1S/C25H23N3O2S/c26-15-16-27-25(30)23(31-18-19-7-3-1-4-8-19)17-28-24(29)22-13-11-21(12-14-22)20-9-5-2-6-10-20/h1-14,23H,16-18H2,(H,27,30)(H,28,29). The summed E-state index contributed by atoms with van der Waals surface area (Å²) >= 11 is 1.43. The van der Waals surface area contributed by atoms with Crippen LogP contribution in [-0.4, -0.2) is 30.2 Å². The van der Waals surface area contributed by atoms with Gasteiger partial charge in [0, 0.05) is 17.9 Å². The number of nitrogens with one attached hydrogen (secondary N) is 2. The van der Waals surface area contributed by atoms with Crippen LogP contribution in [0.1, 0.15) is 15.9 Å². The zero-order chi connectivity index (χ0) is 21.9. The van der Waals surface area contributed by atoms with Crippen molar-refractivity contribution in [2.75, 3.05) is 13.1 Å². The van der Waals surface area contributed by atoms with Crippen molar-refractivity contribution in [3.8, 4) is 17.2 Å². The number of nitrogens with zero attached hydrogens (tertiary/aromatic N) is 1. The Morgan fingerprint density at radius 3 is 2.10 bits per heavy atom. The van der Waals surface area contributed by atoms with Crippen molar-refractivity contribution in [2.45, 2.75) is 11.0 Å². The Morgan fingerprint density at radius 2 is 1.45 bits per heavy atom. The lowest BCUT2D eigenvalue weighted by molar-refractivity contribution is -0.120. The van der Waals surface area contributed by atoms with Crippen LogP contribution in [0, 0.1) is 11.3 Å². The number of carbonyl (C=O) groups is 2. The predicted molar refractivity (Wildman–Crippen MR) is 124 cm³/mol. The number of hydrogen-bond acceptors (Lipinski definition) is 4. The van der Waals surface area contributed by atoms with Gasteiger partial charge in [0.1, 0.15) is 11.8 Å². The average Bonchev–Trinajstić information content (AvgIpc) is 2.83. The van der Waals surface area contributed by atoms with Gasteiger partial charge >= 0.3 is 0 Å². The van der Waals surface area contributed by atoms with Crippen LogP contribution in [-0.2, 0) is 10.5 Å². The molecule has 3 aromatic rings. The molecule has 0 aliphatic rings. The van der Waals surface area contributed by atoms with Crippen LogP contribution in [0.15, 0.2) is 84.9 Å². The molecular formula is C25H23N3O2S. The van der Waals surface area contributed by atoms with Crippen LogP contribution in [0.2, 0.25) is 0 Å². The Morgan fingerprint density at radius 1 is 0.839 bits per heavy atom. The molecule has 0 aromatic heterocycles. The van der Waals surface area contributed by atoms with Gasteiger partial charge in [-0.2, -0.15) is 5.26 Å². The number of hydrogen-bond donors (Lipinski definition) is 2. The zero-order valence-corrected chi connectivity index (χ0v) is 17.8. The highest BCUT2D eigenvalue weighted by Gasteiger charge is 2.20. The van der Waals surface area contributed by atoms with Crippen LogP contribution in [0.25, 0.3) is 11.1 Å². The Balaban J connectivity index is 1.60. The summed E-state index contributed by atoms with van der Waals surface area (Å²) in [7, 11) is 0. The van der Waals surface area contributed by atoms with Gasteiger partial charge in [0.05, 0.1) is 6.07 Å². The molecule has 3 aromatic carbocycles. The van der Waals surface area contributed by atoms with E-state index in [1.54, 1.807) is 12.1 Å². The Kier molecular flexibility index (Phi) is 8.27. The number of thioether (sulfide) groups is 1. The van der Waals surface area contributed by atoms with E-state index < -0.39 is 5.25 Å². The van der Waals surface area contributed by atoms with Gasteiger partial charge in [-0.05, 0) is 28.8 Å². The molecule has 156 valence electrons. The molecule has 0 spiro atoms. The molecule has 0 saturated heterocycles. The lowest BCUT2D eigenvalue weighted by Crippen LogP contribution is -2.41. The normalized spacial score (nSPS) is 11.2. The van der Waals surface area contributed by atoms with Crippen molar-refractivity contribution in [1.82, 2.24) is 10.6 Å². The minimum Gasteiger partial charge on any atom is -0.350 e. The lowest BCUT2D eigenvalue weighted by Gasteiger charge is -2.16. The minimum atomic E-state index is -0.499. The van der Waals surface area contributed by atoms with E-state index in [1.165, 1.54) is 11.8 Å². The first kappa shape index (κ1) is 22.1. The number of benzene rings is 3. The van der Waals surface area contributed by atoms with E-state index in [4.69, 9.17) is 5.26 Å². The fraction of sp³-hybridized carbons (Fsp3) is 0.160. The molecule has 0 fully saturated rings. The fourth-order valence-electron chi connectivity index (χ4n) is 2.97. The molecule has 0 bridgehead atoms. The van der Waals surface area contributed by atoms with E-state index in [1.807, 2.05) is 78.9 Å². The molecule has 3 rings (SSSR count). The van der Waals surface area contributed by atoms with Gasteiger partial charge in [-0.3, -0.25) is 9.59 Å². The van der Waals surface area contributed by atoms with Crippen LogP contribution in [0.3, 0.4) is 0 Å². The highest BCUT2D eigenvalue weighted by Crippen LogP contribution is 2.20. The number of nitriles is 1. The van der Waals surface area contributed by atoms with Gasteiger partial charge in [0.15, 0.2) is 0 Å². The molecule has 0 saturated carbocycles. The summed E-state index contributed by atoms with van der Waals surface area (Å²) in [4.78, 5) is 25.0. The van der Waals surface area contributed by atoms with Crippen LogP contribution in [0.5, 0.6) is 0 Å². The number of amides is 2. The summed E-state index contributed by atoms with van der Waals surface area (Å²) in [5, 5.41) is 13.7. The van der Waals surface area contributed by atoms with Crippen molar-refractivity contribution in [1.29, 1.82) is 5.26 Å². The van der Waals surface area contributed by atoms with Gasteiger partial charge in [-0.25, -0.2) is 0 Å². The topological polar surface area (TPSA) is 82.0 Å². The van der Waals surface area contributed by atoms with Crippen molar-refractivity contribution in [2.24, 2.45) is 0 Å². The van der Waals surface area contributed by atoms with E-state index in [2.05, 4.69) is 10.6 Å². The smallest absolute Gasteiger partial charge is 0.251 e. The van der Waals surface area contributed by atoms with Crippen molar-refractivity contribution < 1.29 is 9.59 Å². The highest BCUT2D eigenvalue weighted by atomic mass is 32.2. The van der Waals surface area contributed by atoms with Crippen LogP contribution >= 0.6 is 11.8 Å². The molecule has 0 aliphatic heterocycles. The Hall–Kier alpha value is -3.56. The van der Waals surface area contributed by atoms with Gasteiger partial charge in [-0.1, -0.05) is 72.8 Å². The average molecular weight is 430 g/mol. The van der Waals surface area contributed by atoms with E-state index in [9.17, 15) is 9.59 Å². The first-order valence-corrected chi connectivity index (χ1v) is 11.0. The maximum Gasteiger partial charge on any atom is 0.251 e. The number of carbonyl (C=O) groups excluding carboxylic acids is 2. The minimum absolute atomic E-state index is 0.0594. The van der Waals surface area contributed by atoms with Gasteiger partial charge in [0.2, 0.25) is 5.91 Å². The summed E-state index contributed by atoms with van der Waals surface area (Å²) in [6.07, 6.45) is 0. The molecule has 1 unspecified atom stereocenters. The van der Waals surface area contributed by atoms with Crippen molar-refractivity contribution in [3.63, 3.8) is 0 Å². The third-order valence-corrected chi connectivity index (χ3v) is 5.91. The van der Waals surface area contributed by atoms with Gasteiger partial charge < -0.3 is 10.6 Å². The summed E-state index contributed by atoms with van der Waals surface area (Å²) in [6.45, 7) is 0.115. The van der Waals surface area contributed by atoms with E-state index >= 15 is 0 Å². The van der Waals surface area contributed by atoms with Gasteiger partial charge in [0.25, 0.3) is 5.91 Å². The highest BCUT2D eigenvalue weighted by molar-refractivity contribution is 7.99. The molecule has 0 heterocycles. The summed E-state index contributed by atoms with van der Waals surface area (Å²) in [5.41, 5.74) is 3.74. The zero-order valence-electron chi connectivity index (χ0n) is 17.0. The van der Waals surface area contributed by atoms with E-state index in [0.717, 1.165) is 16.7 Å². The molecule has 0 aliphatic carbocycles. The molecule has 1 atom stereocenters. The van der Waals surface area contributed by atoms with Crippen LogP contribution in [0.4, 0.5) is 0 Å². The second-order valence-electron chi connectivity index (χ2n) is 6.81. The molecule has 5 nitrogen and oxygen atoms in total. The van der Waals surface area contributed by atoms with Crippen LogP contribution < -0.4 is 10.6 Å². The SMILES string of the molecule is N#CCNC(=O)C(CNC(=O)c1ccc(-c2ccccc2)cc1)SCc1ccccc1. The lowest BCUT2D eigenvalue weighted by atomic mass is 10.0. The first-order valence-electron chi connectivity index (χ1n) is 9.91.